The third kappa shape index (κ3) is 4.34. The van der Waals surface area contributed by atoms with Gasteiger partial charge in [0.1, 0.15) is 0 Å². The molecule has 0 aliphatic rings. The van der Waals surface area contributed by atoms with Crippen LogP contribution >= 0.6 is 0 Å². The van der Waals surface area contributed by atoms with Gasteiger partial charge in [-0.25, -0.2) is 0 Å². The van der Waals surface area contributed by atoms with Crippen molar-refractivity contribution in [2.45, 2.75) is 66.5 Å². The topological polar surface area (TPSA) is 45.5 Å². The summed E-state index contributed by atoms with van der Waals surface area (Å²) in [5, 5.41) is 10.3. The van der Waals surface area contributed by atoms with Crippen molar-refractivity contribution in [2.24, 2.45) is 0 Å². The maximum Gasteiger partial charge on any atom is 0.223 e. The van der Waals surface area contributed by atoms with Gasteiger partial charge in [0, 0.05) is 23.8 Å². The zero-order valence-corrected chi connectivity index (χ0v) is 14.4. The van der Waals surface area contributed by atoms with Crippen LogP contribution in [0.4, 0.5) is 0 Å². The summed E-state index contributed by atoms with van der Waals surface area (Å²) in [5.41, 5.74) is 1.17. The molecule has 0 radical (unpaired) electrons. The summed E-state index contributed by atoms with van der Waals surface area (Å²) in [5.74, 6) is -0.106. The highest BCUT2D eigenvalue weighted by atomic mass is 16.3. The second-order valence-electron chi connectivity index (χ2n) is 6.67. The fourth-order valence-corrected chi connectivity index (χ4v) is 2.81. The number of hydrogen-bond acceptors (Lipinski definition) is 3. The first-order chi connectivity index (χ1) is 9.72. The Morgan fingerprint density at radius 1 is 1.29 bits per heavy atom. The van der Waals surface area contributed by atoms with Crippen LogP contribution in [0, 0.1) is 6.92 Å². The number of aryl methyl sites for hydroxylation is 1. The van der Waals surface area contributed by atoms with Crippen LogP contribution in [0.15, 0.2) is 10.9 Å². The van der Waals surface area contributed by atoms with Crippen molar-refractivity contribution in [2.75, 3.05) is 13.1 Å². The Morgan fingerprint density at radius 2 is 1.90 bits per heavy atom. The van der Waals surface area contributed by atoms with E-state index < -0.39 is 0 Å². The molecule has 1 N–H and O–H groups in total. The maximum atomic E-state index is 11.9. The van der Waals surface area contributed by atoms with Crippen molar-refractivity contribution in [3.63, 3.8) is 0 Å². The minimum atomic E-state index is -0.283. The summed E-state index contributed by atoms with van der Waals surface area (Å²) in [4.78, 5) is 14.2. The third-order valence-corrected chi connectivity index (χ3v) is 3.79. The van der Waals surface area contributed by atoms with Crippen molar-refractivity contribution in [3.8, 4) is 5.75 Å². The molecule has 0 fully saturated rings. The summed E-state index contributed by atoms with van der Waals surface area (Å²) in [6, 6.07) is 1.52. The average molecular weight is 294 g/mol. The molecular weight excluding hydrogens is 264 g/mol. The second-order valence-corrected chi connectivity index (χ2v) is 6.67. The Hall–Kier alpha value is -1.29. The Bertz CT molecular complexity index is 527. The normalized spacial score (nSPS) is 12.1. The number of aromatic nitrogens is 1. The Labute approximate surface area is 128 Å². The monoisotopic (exact) mass is 294 g/mol. The van der Waals surface area contributed by atoms with Gasteiger partial charge in [-0.05, 0) is 47.2 Å². The molecule has 1 aromatic rings. The van der Waals surface area contributed by atoms with E-state index in [1.54, 1.807) is 0 Å². The Morgan fingerprint density at radius 3 is 2.38 bits per heavy atom. The fourth-order valence-electron chi connectivity index (χ4n) is 2.81. The molecule has 1 rings (SSSR count). The van der Waals surface area contributed by atoms with Gasteiger partial charge in [-0.15, -0.1) is 0 Å². The van der Waals surface area contributed by atoms with Crippen LogP contribution in [0.3, 0.4) is 0 Å². The highest BCUT2D eigenvalue weighted by Gasteiger charge is 2.23. The lowest BCUT2D eigenvalue weighted by Gasteiger charge is -2.32. The number of unbranched alkanes of at least 4 members (excludes halogenated alkanes) is 1. The van der Waals surface area contributed by atoms with Gasteiger partial charge in [-0.3, -0.25) is 9.69 Å². The molecule has 0 amide bonds. The number of pyridine rings is 1. The van der Waals surface area contributed by atoms with Crippen molar-refractivity contribution in [1.82, 2.24) is 9.47 Å². The Balaban J connectivity index is 3.29. The van der Waals surface area contributed by atoms with Gasteiger partial charge < -0.3 is 9.67 Å². The van der Waals surface area contributed by atoms with Crippen LogP contribution in [0.1, 0.15) is 58.8 Å². The molecule has 0 aliphatic heterocycles. The lowest BCUT2D eigenvalue weighted by molar-refractivity contribution is 0.248. The van der Waals surface area contributed by atoms with Gasteiger partial charge in [0.25, 0.3) is 0 Å². The van der Waals surface area contributed by atoms with E-state index in [2.05, 4.69) is 44.1 Å². The molecule has 4 heteroatoms. The third-order valence-electron chi connectivity index (χ3n) is 3.79. The van der Waals surface area contributed by atoms with Gasteiger partial charge in [0.15, 0.2) is 5.75 Å². The smallest absolute Gasteiger partial charge is 0.223 e. The molecule has 0 unspecified atom stereocenters. The SMILES string of the molecule is CCCCN(CC)Cc1c(O)c(=O)cc(C)n1C(C)(C)C. The molecule has 0 aliphatic carbocycles. The first kappa shape index (κ1) is 17.8. The number of hydrogen-bond donors (Lipinski definition) is 1. The minimum absolute atomic E-state index is 0.106. The average Bonchev–Trinajstić information content (AvgIpc) is 2.38. The molecule has 0 atom stereocenters. The molecule has 21 heavy (non-hydrogen) atoms. The van der Waals surface area contributed by atoms with Crippen LogP contribution in [0.5, 0.6) is 5.75 Å². The fraction of sp³-hybridized carbons (Fsp3) is 0.706. The van der Waals surface area contributed by atoms with Crippen molar-refractivity contribution in [3.05, 3.63) is 27.7 Å². The molecule has 0 aromatic carbocycles. The van der Waals surface area contributed by atoms with Crippen molar-refractivity contribution < 1.29 is 5.11 Å². The lowest BCUT2D eigenvalue weighted by atomic mass is 10.0. The number of aromatic hydroxyl groups is 1. The number of nitrogens with zero attached hydrogens (tertiary/aromatic N) is 2. The molecule has 1 aromatic heterocycles. The van der Waals surface area contributed by atoms with E-state index in [0.29, 0.717) is 6.54 Å². The number of rotatable bonds is 6. The molecule has 120 valence electrons. The quantitative estimate of drug-likeness (QED) is 0.876. The van der Waals surface area contributed by atoms with Gasteiger partial charge in [-0.2, -0.15) is 0 Å². The van der Waals surface area contributed by atoms with Crippen LogP contribution in [-0.2, 0) is 12.1 Å². The molecule has 0 saturated heterocycles. The van der Waals surface area contributed by atoms with Crippen molar-refractivity contribution in [1.29, 1.82) is 0 Å². The summed E-state index contributed by atoms with van der Waals surface area (Å²) in [7, 11) is 0. The standard InChI is InChI=1S/C17H30N2O2/c1-7-9-10-18(8-2)12-14-16(21)15(20)11-13(3)19(14)17(4,5)6/h11,21H,7-10,12H2,1-6H3. The van der Waals surface area contributed by atoms with E-state index >= 15 is 0 Å². The minimum Gasteiger partial charge on any atom is -0.503 e. The lowest BCUT2D eigenvalue weighted by Crippen LogP contribution is -2.33. The molecular formula is C17H30N2O2. The van der Waals surface area contributed by atoms with E-state index in [4.69, 9.17) is 0 Å². The predicted octanol–water partition coefficient (Wildman–Crippen LogP) is 3.24. The largest absolute Gasteiger partial charge is 0.503 e. The van der Waals surface area contributed by atoms with Crippen molar-refractivity contribution >= 4 is 0 Å². The summed E-state index contributed by atoms with van der Waals surface area (Å²) in [6.45, 7) is 15.0. The molecule has 1 heterocycles. The van der Waals surface area contributed by atoms with Gasteiger partial charge in [0.05, 0.1) is 5.69 Å². The highest BCUT2D eigenvalue weighted by Crippen LogP contribution is 2.25. The van der Waals surface area contributed by atoms with E-state index in [9.17, 15) is 9.90 Å². The summed E-state index contributed by atoms with van der Waals surface area (Å²) >= 11 is 0. The zero-order chi connectivity index (χ0) is 16.2. The van der Waals surface area contributed by atoms with Crippen LogP contribution in [0.2, 0.25) is 0 Å². The Kier molecular flexibility index (Phi) is 6.02. The van der Waals surface area contributed by atoms with Gasteiger partial charge >= 0.3 is 0 Å². The maximum absolute atomic E-state index is 11.9. The molecule has 0 saturated carbocycles. The van der Waals surface area contributed by atoms with Crippen LogP contribution < -0.4 is 5.43 Å². The van der Waals surface area contributed by atoms with E-state index in [0.717, 1.165) is 37.3 Å². The zero-order valence-electron chi connectivity index (χ0n) is 14.4. The second kappa shape index (κ2) is 7.12. The highest BCUT2D eigenvalue weighted by molar-refractivity contribution is 5.31. The summed E-state index contributed by atoms with van der Waals surface area (Å²) < 4.78 is 2.08. The molecule has 4 nitrogen and oxygen atoms in total. The van der Waals surface area contributed by atoms with E-state index in [1.807, 2.05) is 6.92 Å². The van der Waals surface area contributed by atoms with Crippen LogP contribution in [-0.4, -0.2) is 27.7 Å². The van der Waals surface area contributed by atoms with E-state index in [-0.39, 0.29) is 16.7 Å². The molecule has 0 spiro atoms. The van der Waals surface area contributed by atoms with Gasteiger partial charge in [0.2, 0.25) is 5.43 Å². The first-order valence-corrected chi connectivity index (χ1v) is 7.89. The molecule has 0 bridgehead atoms. The van der Waals surface area contributed by atoms with E-state index in [1.165, 1.54) is 6.07 Å². The summed E-state index contributed by atoms with van der Waals surface area (Å²) in [6.07, 6.45) is 2.27. The predicted molar refractivity (Wildman–Crippen MR) is 88.0 cm³/mol. The van der Waals surface area contributed by atoms with Crippen LogP contribution in [0.25, 0.3) is 0 Å². The first-order valence-electron chi connectivity index (χ1n) is 7.89. The van der Waals surface area contributed by atoms with Gasteiger partial charge in [-0.1, -0.05) is 20.3 Å².